The second-order valence-corrected chi connectivity index (χ2v) is 11.2. The van der Waals surface area contributed by atoms with Crippen molar-refractivity contribution in [3.05, 3.63) is 47.6 Å². The van der Waals surface area contributed by atoms with Crippen LogP contribution in [-0.2, 0) is 28.7 Å². The Morgan fingerprint density at radius 3 is 2.39 bits per heavy atom. The second kappa shape index (κ2) is 11.7. The predicted molar refractivity (Wildman–Crippen MR) is 140 cm³/mol. The molecule has 3 aliphatic rings. The molecule has 1 amide bonds. The maximum atomic E-state index is 13.9. The summed E-state index contributed by atoms with van der Waals surface area (Å²) in [6.45, 7) is 8.09. The molecule has 0 saturated heterocycles. The highest BCUT2D eigenvalue weighted by Gasteiger charge is 2.63. The van der Waals surface area contributed by atoms with E-state index in [0.29, 0.717) is 17.6 Å². The number of hydrogen-bond acceptors (Lipinski definition) is 6. The van der Waals surface area contributed by atoms with Gasteiger partial charge in [0.05, 0.1) is 0 Å². The van der Waals surface area contributed by atoms with E-state index in [1.807, 2.05) is 26.0 Å². The van der Waals surface area contributed by atoms with Crippen molar-refractivity contribution < 1.29 is 38.9 Å². The summed E-state index contributed by atoms with van der Waals surface area (Å²) in [5.41, 5.74) is 0.173. The van der Waals surface area contributed by atoms with Gasteiger partial charge in [-0.25, -0.2) is 9.59 Å². The van der Waals surface area contributed by atoms with Crippen LogP contribution in [0.25, 0.3) is 0 Å². The number of carbonyl (C=O) groups excluding carboxylic acids is 2. The molecule has 208 valence electrons. The van der Waals surface area contributed by atoms with Crippen LogP contribution in [0.2, 0.25) is 0 Å². The molecule has 9 heteroatoms. The van der Waals surface area contributed by atoms with Crippen LogP contribution in [0.4, 0.5) is 0 Å². The van der Waals surface area contributed by atoms with Crippen molar-refractivity contribution >= 4 is 23.8 Å². The third-order valence-corrected chi connectivity index (χ3v) is 8.28. The molecule has 0 radical (unpaired) electrons. The summed E-state index contributed by atoms with van der Waals surface area (Å²) >= 11 is 0. The van der Waals surface area contributed by atoms with E-state index in [1.54, 1.807) is 18.2 Å². The lowest BCUT2D eigenvalue weighted by molar-refractivity contribution is -0.173. The second-order valence-electron chi connectivity index (χ2n) is 11.2. The first-order valence-corrected chi connectivity index (χ1v) is 13.1. The van der Waals surface area contributed by atoms with E-state index in [9.17, 15) is 24.3 Å². The molecule has 1 fully saturated rings. The quantitative estimate of drug-likeness (QED) is 0.248. The topological polar surface area (TPSA) is 130 Å². The van der Waals surface area contributed by atoms with Crippen LogP contribution in [0, 0.1) is 16.7 Å². The monoisotopic (exact) mass is 529 g/mol. The van der Waals surface area contributed by atoms with Crippen molar-refractivity contribution in [2.24, 2.45) is 16.7 Å². The average Bonchev–Trinajstić information content (AvgIpc) is 3.15. The first-order chi connectivity index (χ1) is 17.9. The van der Waals surface area contributed by atoms with Crippen molar-refractivity contribution in [2.75, 3.05) is 13.7 Å². The lowest BCUT2D eigenvalue weighted by Crippen LogP contribution is -2.58. The van der Waals surface area contributed by atoms with Crippen molar-refractivity contribution in [3.63, 3.8) is 0 Å². The molecule has 0 aromatic rings. The minimum atomic E-state index is -1.28. The molecule has 0 aromatic carbocycles. The van der Waals surface area contributed by atoms with Crippen LogP contribution in [0.1, 0.15) is 59.8 Å². The summed E-state index contributed by atoms with van der Waals surface area (Å²) < 4.78 is 12.0. The lowest BCUT2D eigenvalue weighted by atomic mass is 9.49. The number of esters is 1. The van der Waals surface area contributed by atoms with Crippen LogP contribution >= 0.6 is 0 Å². The molecule has 1 saturated carbocycles. The zero-order valence-corrected chi connectivity index (χ0v) is 22.8. The highest BCUT2D eigenvalue weighted by atomic mass is 16.6. The zero-order chi connectivity index (χ0) is 28.3. The summed E-state index contributed by atoms with van der Waals surface area (Å²) in [6, 6.07) is -1.28. The van der Waals surface area contributed by atoms with Gasteiger partial charge in [-0.3, -0.25) is 9.59 Å². The van der Waals surface area contributed by atoms with Crippen molar-refractivity contribution in [1.82, 2.24) is 4.90 Å². The number of amides is 1. The van der Waals surface area contributed by atoms with Gasteiger partial charge in [0.25, 0.3) is 5.91 Å². The largest absolute Gasteiger partial charge is 0.481 e. The average molecular weight is 530 g/mol. The zero-order valence-electron chi connectivity index (χ0n) is 22.8. The Bertz CT molecular complexity index is 1080. The maximum Gasteiger partial charge on any atom is 0.331 e. The molecule has 0 spiro atoms. The lowest BCUT2D eigenvalue weighted by Gasteiger charge is -2.57. The molecule has 0 aromatic heterocycles. The fourth-order valence-electron chi connectivity index (χ4n) is 6.88. The SMILES string of the molecule is C/C=C/C=C/C=C/C(=O)O[C@@H]1[C@H](OC)C2=C(C(=O)N([C@@H](CCC(=O)O)C(=O)O)C2)[C@@]2(C)CCCC(C)(C)[C@H]12. The molecule has 1 heterocycles. The van der Waals surface area contributed by atoms with Crippen molar-refractivity contribution in [2.45, 2.75) is 78.0 Å². The highest BCUT2D eigenvalue weighted by molar-refractivity contribution is 6.01. The van der Waals surface area contributed by atoms with E-state index in [2.05, 4.69) is 13.8 Å². The van der Waals surface area contributed by atoms with Crippen LogP contribution < -0.4 is 0 Å². The molecule has 38 heavy (non-hydrogen) atoms. The smallest absolute Gasteiger partial charge is 0.331 e. The number of ether oxygens (including phenoxy) is 2. The summed E-state index contributed by atoms with van der Waals surface area (Å²) in [4.78, 5) is 51.3. The summed E-state index contributed by atoms with van der Waals surface area (Å²) in [5.74, 6) is -3.56. The third-order valence-electron chi connectivity index (χ3n) is 8.28. The molecule has 2 N–H and O–H groups in total. The van der Waals surface area contributed by atoms with Gasteiger partial charge in [0.15, 0.2) is 0 Å². The molecule has 3 rings (SSSR count). The Labute approximate surface area is 223 Å². The van der Waals surface area contributed by atoms with E-state index >= 15 is 0 Å². The number of nitrogens with zero attached hydrogens (tertiary/aromatic N) is 1. The van der Waals surface area contributed by atoms with Gasteiger partial charge < -0.3 is 24.6 Å². The number of methoxy groups -OCH3 is 1. The van der Waals surface area contributed by atoms with E-state index in [0.717, 1.165) is 12.8 Å². The number of allylic oxidation sites excluding steroid dienone is 5. The number of hydrogen-bond donors (Lipinski definition) is 2. The highest BCUT2D eigenvalue weighted by Crippen LogP contribution is 2.62. The van der Waals surface area contributed by atoms with Gasteiger partial charge in [-0.1, -0.05) is 57.6 Å². The van der Waals surface area contributed by atoms with Crippen LogP contribution in [-0.4, -0.2) is 70.8 Å². The van der Waals surface area contributed by atoms with Crippen LogP contribution in [0.5, 0.6) is 0 Å². The van der Waals surface area contributed by atoms with Gasteiger partial charge >= 0.3 is 17.9 Å². The Hall–Kier alpha value is -3.20. The van der Waals surface area contributed by atoms with Gasteiger partial charge in [0, 0.05) is 43.1 Å². The number of aliphatic carboxylic acids is 2. The fraction of sp³-hybridized carbons (Fsp3) is 0.586. The number of carboxylic acids is 2. The predicted octanol–water partition coefficient (Wildman–Crippen LogP) is 3.90. The van der Waals surface area contributed by atoms with Crippen molar-refractivity contribution in [1.29, 1.82) is 0 Å². The van der Waals surface area contributed by atoms with Gasteiger partial charge in [0.1, 0.15) is 18.2 Å². The maximum absolute atomic E-state index is 13.9. The minimum absolute atomic E-state index is 0.0119. The minimum Gasteiger partial charge on any atom is -0.481 e. The van der Waals surface area contributed by atoms with E-state index in [-0.39, 0.29) is 30.7 Å². The van der Waals surface area contributed by atoms with Gasteiger partial charge in [-0.05, 0) is 37.2 Å². The number of carbonyl (C=O) groups is 4. The Balaban J connectivity index is 2.03. The summed E-state index contributed by atoms with van der Waals surface area (Å²) in [5, 5.41) is 19.0. The third kappa shape index (κ3) is 5.62. The van der Waals surface area contributed by atoms with Crippen LogP contribution in [0.3, 0.4) is 0 Å². The molecular weight excluding hydrogens is 490 g/mol. The van der Waals surface area contributed by atoms with E-state index in [4.69, 9.17) is 14.6 Å². The van der Waals surface area contributed by atoms with Gasteiger partial charge in [-0.15, -0.1) is 0 Å². The molecule has 1 aliphatic heterocycles. The van der Waals surface area contributed by atoms with Gasteiger partial charge in [0.2, 0.25) is 0 Å². The summed E-state index contributed by atoms with van der Waals surface area (Å²) in [7, 11) is 1.50. The fourth-order valence-corrected chi connectivity index (χ4v) is 6.88. The van der Waals surface area contributed by atoms with E-state index in [1.165, 1.54) is 18.1 Å². The standard InChI is InChI=1S/C29H39NO8/c1-6-7-8-9-10-12-21(33)38-24-23(37-5)18-17-30(19(27(35)36)13-14-20(31)32)26(34)22(18)29(4)16-11-15-28(2,3)25(24)29/h6-10,12,19,23-25H,11,13-17H2,1-5H3,(H,31,32)(H,35,36)/b7-6+,9-8+,12-10+/t19-,23+,24+,25-,29+/m0/s1. The number of carboxylic acid groups (broad SMARTS) is 2. The molecule has 9 nitrogen and oxygen atoms in total. The molecule has 0 unspecified atom stereocenters. The Kier molecular flexibility index (Phi) is 9.02. The van der Waals surface area contributed by atoms with E-state index < -0.39 is 47.5 Å². The number of rotatable bonds is 10. The molecule has 0 bridgehead atoms. The number of fused-ring (bicyclic) bond motifs is 2. The summed E-state index contributed by atoms with van der Waals surface area (Å²) in [6.07, 6.45) is 10.6. The molecule has 5 atom stereocenters. The Morgan fingerprint density at radius 2 is 1.79 bits per heavy atom. The first-order valence-electron chi connectivity index (χ1n) is 13.1. The first kappa shape index (κ1) is 29.4. The normalized spacial score (nSPS) is 29.7. The molecule has 2 aliphatic carbocycles. The van der Waals surface area contributed by atoms with Crippen LogP contribution in [0.15, 0.2) is 47.6 Å². The van der Waals surface area contributed by atoms with Crippen molar-refractivity contribution in [3.8, 4) is 0 Å². The Morgan fingerprint density at radius 1 is 1.11 bits per heavy atom. The molecular formula is C29H39NO8. The van der Waals surface area contributed by atoms with Gasteiger partial charge in [-0.2, -0.15) is 0 Å².